The van der Waals surface area contributed by atoms with Gasteiger partial charge in [0, 0.05) is 55.0 Å². The Labute approximate surface area is 217 Å². The number of aromatic amines is 2. The number of carbonyl (C=O) groups excluding carboxylic acids is 2. The first kappa shape index (κ1) is 25.8. The minimum Gasteiger partial charge on any atom is -0.385 e. The van der Waals surface area contributed by atoms with E-state index in [4.69, 9.17) is 4.74 Å². The van der Waals surface area contributed by atoms with Gasteiger partial charge in [-0.2, -0.15) is 4.31 Å². The Hall–Kier alpha value is -3.81. The van der Waals surface area contributed by atoms with Gasteiger partial charge in [0.1, 0.15) is 6.04 Å². The van der Waals surface area contributed by atoms with Crippen LogP contribution >= 0.6 is 0 Å². The summed E-state index contributed by atoms with van der Waals surface area (Å²) in [6.07, 6.45) is 2.92. The number of piperidine rings is 1. The molecule has 3 N–H and O–H groups in total. The lowest BCUT2D eigenvalue weighted by Gasteiger charge is -2.33. The van der Waals surface area contributed by atoms with Crippen LogP contribution in [-0.4, -0.2) is 67.4 Å². The molecule has 0 aliphatic carbocycles. The van der Waals surface area contributed by atoms with Gasteiger partial charge < -0.3 is 19.9 Å². The third-order valence-electron chi connectivity index (χ3n) is 6.90. The van der Waals surface area contributed by atoms with Crippen molar-refractivity contribution >= 4 is 44.0 Å². The molecule has 200 valence electrons. The highest BCUT2D eigenvalue weighted by Crippen LogP contribution is 2.41. The standard InChI is InChI=1S/C25H27N5O7S/c1-37-13-5-11-29-18-10-9-17(15-6-4-7-16(21(15)18)24(29)33)27-22(31)19-8-2-3-12-30(19)38(35,36)20-14-26-25(34)28-23(20)32/h4,6-7,9-10,14,19H,2-3,5,8,11-13H2,1H3,(H,27,31)(H2,26,28,32,34). The summed E-state index contributed by atoms with van der Waals surface area (Å²) in [7, 11) is -2.77. The first-order valence-electron chi connectivity index (χ1n) is 12.3. The molecule has 1 aromatic heterocycles. The number of nitrogens with one attached hydrogen (secondary N) is 3. The molecule has 0 spiro atoms. The molecule has 5 rings (SSSR count). The van der Waals surface area contributed by atoms with Crippen molar-refractivity contribution in [2.24, 2.45) is 0 Å². The fourth-order valence-corrected chi connectivity index (χ4v) is 6.78. The zero-order valence-electron chi connectivity index (χ0n) is 20.7. The molecule has 13 heteroatoms. The summed E-state index contributed by atoms with van der Waals surface area (Å²) >= 11 is 0. The van der Waals surface area contributed by atoms with Gasteiger partial charge in [0.2, 0.25) is 5.91 Å². The van der Waals surface area contributed by atoms with Gasteiger partial charge in [0.25, 0.3) is 21.5 Å². The number of amides is 2. The van der Waals surface area contributed by atoms with Crippen LogP contribution in [0.25, 0.3) is 10.8 Å². The third-order valence-corrected chi connectivity index (χ3v) is 8.81. The summed E-state index contributed by atoms with van der Waals surface area (Å²) in [6, 6.07) is 7.71. The Morgan fingerprint density at radius 3 is 2.74 bits per heavy atom. The molecule has 2 aliphatic rings. The maximum absolute atomic E-state index is 13.5. The Balaban J connectivity index is 1.46. The molecular formula is C25H27N5O7S. The molecule has 1 saturated heterocycles. The molecule has 1 fully saturated rings. The molecule has 1 atom stereocenters. The Morgan fingerprint density at radius 1 is 1.16 bits per heavy atom. The lowest BCUT2D eigenvalue weighted by atomic mass is 10.0. The van der Waals surface area contributed by atoms with Crippen molar-refractivity contribution in [1.29, 1.82) is 0 Å². The van der Waals surface area contributed by atoms with Crippen molar-refractivity contribution in [3.8, 4) is 0 Å². The van der Waals surface area contributed by atoms with E-state index in [2.05, 4.69) is 10.3 Å². The number of aromatic nitrogens is 2. The van der Waals surface area contributed by atoms with Crippen LogP contribution in [0, 0.1) is 0 Å². The van der Waals surface area contributed by atoms with Crippen LogP contribution in [0.1, 0.15) is 36.0 Å². The number of benzene rings is 2. The molecular weight excluding hydrogens is 514 g/mol. The van der Waals surface area contributed by atoms with Gasteiger partial charge in [0.15, 0.2) is 4.90 Å². The zero-order chi connectivity index (χ0) is 27.0. The molecule has 0 radical (unpaired) electrons. The van der Waals surface area contributed by atoms with E-state index in [0.29, 0.717) is 49.1 Å². The number of H-pyrrole nitrogens is 2. The highest BCUT2D eigenvalue weighted by molar-refractivity contribution is 7.89. The van der Waals surface area contributed by atoms with Gasteiger partial charge in [-0.15, -0.1) is 0 Å². The largest absolute Gasteiger partial charge is 0.385 e. The fourth-order valence-electron chi connectivity index (χ4n) is 5.13. The van der Waals surface area contributed by atoms with Crippen LogP contribution in [-0.2, 0) is 19.6 Å². The molecule has 3 aromatic rings. The Kier molecular flexibility index (Phi) is 6.90. The molecule has 12 nitrogen and oxygen atoms in total. The van der Waals surface area contributed by atoms with E-state index in [-0.39, 0.29) is 18.9 Å². The number of hydrogen-bond acceptors (Lipinski definition) is 7. The Morgan fingerprint density at radius 2 is 1.97 bits per heavy atom. The fraction of sp³-hybridized carbons (Fsp3) is 0.360. The van der Waals surface area contributed by atoms with Crippen LogP contribution < -0.4 is 21.5 Å². The summed E-state index contributed by atoms with van der Waals surface area (Å²) in [5.74, 6) is -0.669. The second-order valence-corrected chi connectivity index (χ2v) is 11.1. The van der Waals surface area contributed by atoms with Gasteiger partial charge in [-0.25, -0.2) is 13.2 Å². The lowest BCUT2D eigenvalue weighted by Crippen LogP contribution is -2.51. The summed E-state index contributed by atoms with van der Waals surface area (Å²) in [5, 5.41) is 4.25. The van der Waals surface area contributed by atoms with E-state index >= 15 is 0 Å². The average Bonchev–Trinajstić information content (AvgIpc) is 3.17. The Bertz CT molecular complexity index is 1650. The van der Waals surface area contributed by atoms with Gasteiger partial charge in [-0.3, -0.25) is 19.4 Å². The SMILES string of the molecule is COCCCN1C(=O)c2cccc3c(NC(=O)C4CCCCN4S(=O)(=O)c4c[nH]c(=O)[nH]c4=O)ccc1c23. The molecule has 2 aliphatic heterocycles. The molecule has 38 heavy (non-hydrogen) atoms. The maximum atomic E-state index is 13.5. The number of rotatable bonds is 8. The molecule has 3 heterocycles. The van der Waals surface area contributed by atoms with E-state index in [1.165, 1.54) is 0 Å². The molecule has 0 saturated carbocycles. The number of methoxy groups -OCH3 is 1. The summed E-state index contributed by atoms with van der Waals surface area (Å²) in [5.41, 5.74) is -0.151. The van der Waals surface area contributed by atoms with E-state index < -0.39 is 38.1 Å². The number of nitrogens with zero attached hydrogens (tertiary/aromatic N) is 2. The quantitative estimate of drug-likeness (QED) is 0.363. The van der Waals surface area contributed by atoms with Crippen molar-refractivity contribution in [3.05, 3.63) is 62.9 Å². The van der Waals surface area contributed by atoms with E-state index in [9.17, 15) is 27.6 Å². The van der Waals surface area contributed by atoms with Crippen LogP contribution in [0.4, 0.5) is 11.4 Å². The molecule has 0 bridgehead atoms. The summed E-state index contributed by atoms with van der Waals surface area (Å²) in [4.78, 5) is 55.3. The number of anilines is 2. The van der Waals surface area contributed by atoms with Gasteiger partial charge in [-0.05, 0) is 37.5 Å². The number of carbonyl (C=O) groups is 2. The number of hydrogen-bond donors (Lipinski definition) is 3. The molecule has 1 unspecified atom stereocenters. The van der Waals surface area contributed by atoms with E-state index in [1.807, 2.05) is 4.98 Å². The zero-order valence-corrected chi connectivity index (χ0v) is 21.5. The van der Waals surface area contributed by atoms with Crippen LogP contribution in [0.3, 0.4) is 0 Å². The second kappa shape index (κ2) is 10.2. The molecule has 2 aromatic carbocycles. The number of sulfonamides is 1. The third kappa shape index (κ3) is 4.42. The monoisotopic (exact) mass is 541 g/mol. The smallest absolute Gasteiger partial charge is 0.325 e. The molecule has 2 amide bonds. The van der Waals surface area contributed by atoms with Crippen LogP contribution in [0.15, 0.2) is 51.0 Å². The van der Waals surface area contributed by atoms with E-state index in [0.717, 1.165) is 21.6 Å². The number of ether oxygens (including phenoxy) is 1. The van der Waals surface area contributed by atoms with E-state index in [1.54, 1.807) is 42.3 Å². The van der Waals surface area contributed by atoms with Crippen molar-refractivity contribution in [2.75, 3.05) is 37.0 Å². The maximum Gasteiger partial charge on any atom is 0.325 e. The van der Waals surface area contributed by atoms with Crippen molar-refractivity contribution in [3.63, 3.8) is 0 Å². The van der Waals surface area contributed by atoms with Gasteiger partial charge in [-0.1, -0.05) is 18.6 Å². The van der Waals surface area contributed by atoms with Gasteiger partial charge >= 0.3 is 5.69 Å². The minimum absolute atomic E-state index is 0.0494. The van der Waals surface area contributed by atoms with Crippen LogP contribution in [0.2, 0.25) is 0 Å². The van der Waals surface area contributed by atoms with Crippen molar-refractivity contribution in [2.45, 2.75) is 36.6 Å². The summed E-state index contributed by atoms with van der Waals surface area (Å²) < 4.78 is 32.8. The second-order valence-electron chi connectivity index (χ2n) is 9.22. The summed E-state index contributed by atoms with van der Waals surface area (Å²) in [6.45, 7) is 1.05. The van der Waals surface area contributed by atoms with Gasteiger partial charge in [0.05, 0.1) is 5.69 Å². The normalized spacial score (nSPS) is 17.8. The first-order valence-corrected chi connectivity index (χ1v) is 13.7. The van der Waals surface area contributed by atoms with Crippen molar-refractivity contribution in [1.82, 2.24) is 14.3 Å². The average molecular weight is 542 g/mol. The predicted octanol–water partition coefficient (Wildman–Crippen LogP) is 1.39. The predicted molar refractivity (Wildman–Crippen MR) is 140 cm³/mol. The highest BCUT2D eigenvalue weighted by atomic mass is 32.2. The lowest BCUT2D eigenvalue weighted by molar-refractivity contribution is -0.120. The topological polar surface area (TPSA) is 162 Å². The minimum atomic E-state index is -4.37. The first-order chi connectivity index (χ1) is 18.2. The van der Waals surface area contributed by atoms with Crippen molar-refractivity contribution < 1.29 is 22.7 Å². The van der Waals surface area contributed by atoms with Crippen LogP contribution in [0.5, 0.6) is 0 Å². The highest BCUT2D eigenvalue weighted by Gasteiger charge is 2.39.